The first-order chi connectivity index (χ1) is 12.2. The van der Waals surface area contributed by atoms with Gasteiger partial charge in [-0.25, -0.2) is 8.42 Å². The van der Waals surface area contributed by atoms with Crippen molar-refractivity contribution < 1.29 is 22.7 Å². The Labute approximate surface area is 154 Å². The van der Waals surface area contributed by atoms with E-state index in [0.717, 1.165) is 9.87 Å². The van der Waals surface area contributed by atoms with E-state index in [0.29, 0.717) is 11.4 Å². The van der Waals surface area contributed by atoms with Crippen molar-refractivity contribution in [2.24, 2.45) is 0 Å². The molecular formula is C19H23NO5S. The Hall–Kier alpha value is -2.54. The van der Waals surface area contributed by atoms with Gasteiger partial charge in [-0.3, -0.25) is 9.10 Å². The van der Waals surface area contributed by atoms with Crippen LogP contribution in [0.25, 0.3) is 0 Å². The van der Waals surface area contributed by atoms with Crippen molar-refractivity contribution in [3.05, 3.63) is 54.1 Å². The van der Waals surface area contributed by atoms with Crippen LogP contribution in [0.4, 0.5) is 5.69 Å². The van der Waals surface area contributed by atoms with E-state index in [1.165, 1.54) is 19.2 Å². The topological polar surface area (TPSA) is 72.9 Å². The van der Waals surface area contributed by atoms with Gasteiger partial charge in [0.05, 0.1) is 23.8 Å². The minimum Gasteiger partial charge on any atom is -0.497 e. The molecule has 0 aliphatic rings. The third-order valence-electron chi connectivity index (χ3n) is 3.59. The van der Waals surface area contributed by atoms with Gasteiger partial charge in [0, 0.05) is 6.07 Å². The molecule has 6 nitrogen and oxygen atoms in total. The third-order valence-corrected chi connectivity index (χ3v) is 5.38. The maximum Gasteiger partial charge on any atom is 0.327 e. The number of hydrogen-bond donors (Lipinski definition) is 0. The number of ether oxygens (including phenoxy) is 2. The lowest BCUT2D eigenvalue weighted by atomic mass is 10.2. The number of benzene rings is 2. The summed E-state index contributed by atoms with van der Waals surface area (Å²) in [7, 11) is -2.46. The van der Waals surface area contributed by atoms with Gasteiger partial charge in [-0.1, -0.05) is 23.8 Å². The minimum atomic E-state index is -3.95. The molecule has 140 valence electrons. The van der Waals surface area contributed by atoms with E-state index in [4.69, 9.17) is 9.47 Å². The number of methoxy groups -OCH3 is 1. The number of hydrogen-bond acceptors (Lipinski definition) is 5. The van der Waals surface area contributed by atoms with Crippen molar-refractivity contribution >= 4 is 21.7 Å². The second-order valence-electron chi connectivity index (χ2n) is 6.06. The fraction of sp³-hybridized carbons (Fsp3) is 0.316. The summed E-state index contributed by atoms with van der Waals surface area (Å²) in [4.78, 5) is 12.3. The molecule has 0 bridgehead atoms. The average molecular weight is 377 g/mol. The second kappa shape index (κ2) is 8.23. The van der Waals surface area contributed by atoms with E-state index in [1.54, 1.807) is 50.2 Å². The smallest absolute Gasteiger partial charge is 0.327 e. The molecule has 0 N–H and O–H groups in total. The van der Waals surface area contributed by atoms with E-state index < -0.39 is 22.5 Å². The Bertz CT molecular complexity index is 860. The van der Waals surface area contributed by atoms with Crippen LogP contribution in [0.1, 0.15) is 19.4 Å². The van der Waals surface area contributed by atoms with Crippen molar-refractivity contribution in [2.45, 2.75) is 31.8 Å². The summed E-state index contributed by atoms with van der Waals surface area (Å²) in [6.07, 6.45) is -0.336. The van der Waals surface area contributed by atoms with Crippen LogP contribution < -0.4 is 9.04 Å². The highest BCUT2D eigenvalue weighted by Gasteiger charge is 2.28. The molecular weight excluding hydrogens is 354 g/mol. The van der Waals surface area contributed by atoms with Gasteiger partial charge in [-0.05, 0) is 45.0 Å². The highest BCUT2D eigenvalue weighted by atomic mass is 32.2. The van der Waals surface area contributed by atoms with Gasteiger partial charge in [0.2, 0.25) is 0 Å². The molecule has 7 heteroatoms. The molecule has 2 rings (SSSR count). The lowest BCUT2D eigenvalue weighted by molar-refractivity contribution is -0.145. The number of rotatable bonds is 7. The molecule has 0 spiro atoms. The summed E-state index contributed by atoms with van der Waals surface area (Å²) in [6.45, 7) is 4.86. The van der Waals surface area contributed by atoms with Crippen LogP contribution in [0.15, 0.2) is 53.4 Å². The number of carbonyl (C=O) groups excluding carboxylic acids is 1. The average Bonchev–Trinajstić information content (AvgIpc) is 2.59. The normalized spacial score (nSPS) is 11.3. The largest absolute Gasteiger partial charge is 0.497 e. The fourth-order valence-electron chi connectivity index (χ4n) is 2.34. The number of sulfonamides is 1. The van der Waals surface area contributed by atoms with Gasteiger partial charge in [-0.15, -0.1) is 0 Å². The van der Waals surface area contributed by atoms with Crippen LogP contribution in [-0.4, -0.2) is 34.1 Å². The molecule has 26 heavy (non-hydrogen) atoms. The molecule has 0 radical (unpaired) electrons. The lowest BCUT2D eigenvalue weighted by Gasteiger charge is -2.24. The van der Waals surface area contributed by atoms with Crippen LogP contribution in [-0.2, 0) is 19.6 Å². The number of nitrogens with zero attached hydrogens (tertiary/aromatic N) is 1. The van der Waals surface area contributed by atoms with E-state index >= 15 is 0 Å². The van der Waals surface area contributed by atoms with E-state index in [2.05, 4.69) is 0 Å². The van der Waals surface area contributed by atoms with E-state index in [1.807, 2.05) is 6.92 Å². The first kappa shape index (κ1) is 19.8. The number of aryl methyl sites for hydroxylation is 1. The predicted molar refractivity (Wildman–Crippen MR) is 99.9 cm³/mol. The van der Waals surface area contributed by atoms with Gasteiger partial charge < -0.3 is 9.47 Å². The second-order valence-corrected chi connectivity index (χ2v) is 7.93. The zero-order valence-corrected chi connectivity index (χ0v) is 16.1. The van der Waals surface area contributed by atoms with Crippen molar-refractivity contribution in [1.82, 2.24) is 0 Å². The molecule has 0 aromatic heterocycles. The minimum absolute atomic E-state index is 0.100. The summed E-state index contributed by atoms with van der Waals surface area (Å²) in [5.41, 5.74) is 1.27. The summed E-state index contributed by atoms with van der Waals surface area (Å²) in [5.74, 6) is -0.137. The monoisotopic (exact) mass is 377 g/mol. The standard InChI is InChI=1S/C19H23NO5S/c1-14(2)25-19(21)13-20(16-6-5-7-17(12-16)24-4)26(22,23)18-10-8-15(3)9-11-18/h5-12,14H,13H2,1-4H3. The highest BCUT2D eigenvalue weighted by Crippen LogP contribution is 2.27. The van der Waals surface area contributed by atoms with Crippen molar-refractivity contribution in [3.8, 4) is 5.75 Å². The lowest BCUT2D eigenvalue weighted by Crippen LogP contribution is -2.37. The molecule has 0 aliphatic carbocycles. The first-order valence-electron chi connectivity index (χ1n) is 8.17. The Morgan fingerprint density at radius 1 is 1.12 bits per heavy atom. The highest BCUT2D eigenvalue weighted by molar-refractivity contribution is 7.92. The molecule has 0 unspecified atom stereocenters. The van der Waals surface area contributed by atoms with Gasteiger partial charge in [-0.2, -0.15) is 0 Å². The molecule has 2 aromatic rings. The molecule has 0 heterocycles. The van der Waals surface area contributed by atoms with Crippen molar-refractivity contribution in [1.29, 1.82) is 0 Å². The van der Waals surface area contributed by atoms with Gasteiger partial charge in [0.25, 0.3) is 10.0 Å². The quantitative estimate of drug-likeness (QED) is 0.693. The number of carbonyl (C=O) groups is 1. The van der Waals surface area contributed by atoms with Crippen LogP contribution in [0.5, 0.6) is 5.75 Å². The van der Waals surface area contributed by atoms with Gasteiger partial charge in [0.1, 0.15) is 12.3 Å². The zero-order valence-electron chi connectivity index (χ0n) is 15.3. The fourth-order valence-corrected chi connectivity index (χ4v) is 3.74. The van der Waals surface area contributed by atoms with Crippen molar-refractivity contribution in [3.63, 3.8) is 0 Å². The predicted octanol–water partition coefficient (Wildman–Crippen LogP) is 3.15. The Kier molecular flexibility index (Phi) is 6.26. The van der Waals surface area contributed by atoms with Gasteiger partial charge in [0.15, 0.2) is 0 Å². The van der Waals surface area contributed by atoms with Crippen LogP contribution >= 0.6 is 0 Å². The van der Waals surface area contributed by atoms with Crippen LogP contribution in [0.2, 0.25) is 0 Å². The molecule has 2 aromatic carbocycles. The number of anilines is 1. The summed E-state index contributed by atoms with van der Waals surface area (Å²) in [6, 6.07) is 13.0. The van der Waals surface area contributed by atoms with Gasteiger partial charge >= 0.3 is 5.97 Å². The van der Waals surface area contributed by atoms with E-state index in [9.17, 15) is 13.2 Å². The zero-order chi connectivity index (χ0) is 19.3. The first-order valence-corrected chi connectivity index (χ1v) is 9.61. The third kappa shape index (κ3) is 4.76. The summed E-state index contributed by atoms with van der Waals surface area (Å²) < 4.78 is 37.6. The molecule has 0 atom stereocenters. The molecule has 0 saturated heterocycles. The maximum absolute atomic E-state index is 13.1. The maximum atomic E-state index is 13.1. The van der Waals surface area contributed by atoms with Crippen LogP contribution in [0, 0.1) is 6.92 Å². The van der Waals surface area contributed by atoms with Crippen molar-refractivity contribution in [2.75, 3.05) is 18.0 Å². The van der Waals surface area contributed by atoms with E-state index in [-0.39, 0.29) is 11.0 Å². The molecule has 0 saturated carbocycles. The SMILES string of the molecule is COc1cccc(N(CC(=O)OC(C)C)S(=O)(=O)c2ccc(C)cc2)c1. The number of esters is 1. The van der Waals surface area contributed by atoms with Crippen LogP contribution in [0.3, 0.4) is 0 Å². The molecule has 0 amide bonds. The Morgan fingerprint density at radius 2 is 1.77 bits per heavy atom. The summed E-state index contributed by atoms with van der Waals surface area (Å²) in [5, 5.41) is 0. The summed E-state index contributed by atoms with van der Waals surface area (Å²) >= 11 is 0. The Morgan fingerprint density at radius 3 is 2.35 bits per heavy atom. The molecule has 0 fully saturated rings. The Balaban J connectivity index is 2.48. The molecule has 0 aliphatic heterocycles.